The molecule has 0 aromatic heterocycles. The van der Waals surface area contributed by atoms with Gasteiger partial charge in [0.2, 0.25) is 0 Å². The van der Waals surface area contributed by atoms with E-state index in [9.17, 15) is 4.79 Å². The van der Waals surface area contributed by atoms with Crippen LogP contribution in [0.1, 0.15) is 12.5 Å². The number of piperazine rings is 1. The highest BCUT2D eigenvalue weighted by Crippen LogP contribution is 2.24. The summed E-state index contributed by atoms with van der Waals surface area (Å²) in [6.07, 6.45) is 1.75. The maximum absolute atomic E-state index is 10.9. The Morgan fingerprint density at radius 3 is 2.47 bits per heavy atom. The number of anilines is 1. The summed E-state index contributed by atoms with van der Waals surface area (Å²) in [5.74, 6) is -0.867. The van der Waals surface area contributed by atoms with Gasteiger partial charge in [0.15, 0.2) is 0 Å². The summed E-state index contributed by atoms with van der Waals surface area (Å²) in [6.45, 7) is 5.66. The number of carbonyl (C=O) groups is 1. The second-order valence-corrected chi connectivity index (χ2v) is 4.98. The molecule has 4 nitrogen and oxygen atoms in total. The summed E-state index contributed by atoms with van der Waals surface area (Å²) in [7, 11) is 2.12. The summed E-state index contributed by atoms with van der Waals surface area (Å²) < 4.78 is 0. The molecule has 4 heteroatoms. The Bertz CT molecular complexity index is 489. The van der Waals surface area contributed by atoms with Gasteiger partial charge in [-0.3, -0.25) is 0 Å². The summed E-state index contributed by atoms with van der Waals surface area (Å²) in [5.41, 5.74) is 2.46. The number of aliphatic carboxylic acids is 1. The molecule has 0 saturated carbocycles. The standard InChI is InChI=1S/C15H20N2O2/c1-12(15(18)19)11-13-5-3-4-6-14(13)17-9-7-16(2)8-10-17/h3-6,11H,7-10H2,1-2H3,(H,18,19)/b12-11+. The molecule has 1 heterocycles. The molecule has 2 rings (SSSR count). The van der Waals surface area contributed by atoms with Crippen LogP contribution in [0.5, 0.6) is 0 Å². The number of rotatable bonds is 3. The Morgan fingerprint density at radius 1 is 1.21 bits per heavy atom. The Kier molecular flexibility index (Phi) is 4.22. The molecule has 1 aliphatic heterocycles. The van der Waals surface area contributed by atoms with E-state index in [-0.39, 0.29) is 0 Å². The van der Waals surface area contributed by atoms with E-state index in [2.05, 4.69) is 22.9 Å². The highest BCUT2D eigenvalue weighted by atomic mass is 16.4. The van der Waals surface area contributed by atoms with Crippen molar-refractivity contribution < 1.29 is 9.90 Å². The lowest BCUT2D eigenvalue weighted by atomic mass is 10.1. The number of carboxylic acids is 1. The van der Waals surface area contributed by atoms with Crippen LogP contribution in [0.25, 0.3) is 6.08 Å². The lowest BCUT2D eigenvalue weighted by Gasteiger charge is -2.34. The van der Waals surface area contributed by atoms with Crippen LogP contribution >= 0.6 is 0 Å². The van der Waals surface area contributed by atoms with Crippen molar-refractivity contribution in [1.29, 1.82) is 0 Å². The van der Waals surface area contributed by atoms with E-state index < -0.39 is 5.97 Å². The van der Waals surface area contributed by atoms with E-state index in [0.717, 1.165) is 37.4 Å². The maximum atomic E-state index is 10.9. The minimum absolute atomic E-state index is 0.363. The highest BCUT2D eigenvalue weighted by Gasteiger charge is 2.16. The van der Waals surface area contributed by atoms with Gasteiger partial charge in [0, 0.05) is 37.4 Å². The smallest absolute Gasteiger partial charge is 0.331 e. The molecular formula is C15H20N2O2. The fourth-order valence-electron chi connectivity index (χ4n) is 2.24. The summed E-state index contributed by atoms with van der Waals surface area (Å²) in [4.78, 5) is 15.6. The molecule has 1 aliphatic rings. The Balaban J connectivity index is 2.26. The van der Waals surface area contributed by atoms with Gasteiger partial charge in [-0.05, 0) is 31.7 Å². The monoisotopic (exact) mass is 260 g/mol. The first-order valence-electron chi connectivity index (χ1n) is 6.52. The Morgan fingerprint density at radius 2 is 1.84 bits per heavy atom. The normalized spacial score (nSPS) is 17.6. The minimum atomic E-state index is -0.867. The zero-order chi connectivity index (χ0) is 13.8. The predicted octanol–water partition coefficient (Wildman–Crippen LogP) is 1.93. The van der Waals surface area contributed by atoms with Crippen LogP contribution < -0.4 is 4.90 Å². The third-order valence-electron chi connectivity index (χ3n) is 3.49. The molecule has 0 bridgehead atoms. The first-order chi connectivity index (χ1) is 9.08. The molecule has 0 atom stereocenters. The van der Waals surface area contributed by atoms with Gasteiger partial charge < -0.3 is 14.9 Å². The molecule has 1 saturated heterocycles. The number of carboxylic acid groups (broad SMARTS) is 1. The van der Waals surface area contributed by atoms with Crippen molar-refractivity contribution in [3.05, 3.63) is 35.4 Å². The average molecular weight is 260 g/mol. The van der Waals surface area contributed by atoms with Crippen LogP contribution in [0.15, 0.2) is 29.8 Å². The van der Waals surface area contributed by atoms with E-state index in [1.54, 1.807) is 13.0 Å². The van der Waals surface area contributed by atoms with E-state index in [1.807, 2.05) is 18.2 Å². The number of benzene rings is 1. The molecule has 19 heavy (non-hydrogen) atoms. The van der Waals surface area contributed by atoms with Crippen molar-refractivity contribution in [3.8, 4) is 0 Å². The van der Waals surface area contributed by atoms with Gasteiger partial charge in [-0.15, -0.1) is 0 Å². The molecule has 1 fully saturated rings. The zero-order valence-corrected chi connectivity index (χ0v) is 11.5. The topological polar surface area (TPSA) is 43.8 Å². The summed E-state index contributed by atoms with van der Waals surface area (Å²) >= 11 is 0. The van der Waals surface area contributed by atoms with Gasteiger partial charge in [0.1, 0.15) is 0 Å². The third-order valence-corrected chi connectivity index (χ3v) is 3.49. The van der Waals surface area contributed by atoms with Gasteiger partial charge in [-0.25, -0.2) is 4.79 Å². The SMILES string of the molecule is C/C(=C\c1ccccc1N1CCN(C)CC1)C(=O)O. The first kappa shape index (κ1) is 13.6. The molecule has 1 aromatic rings. The molecule has 0 radical (unpaired) electrons. The van der Waals surface area contributed by atoms with Crippen LogP contribution in [0.3, 0.4) is 0 Å². The largest absolute Gasteiger partial charge is 0.478 e. The lowest BCUT2D eigenvalue weighted by molar-refractivity contribution is -0.132. The second-order valence-electron chi connectivity index (χ2n) is 4.98. The van der Waals surface area contributed by atoms with Gasteiger partial charge in [0.05, 0.1) is 0 Å². The van der Waals surface area contributed by atoms with E-state index in [4.69, 9.17) is 5.11 Å². The van der Waals surface area contributed by atoms with Crippen molar-refractivity contribution in [2.75, 3.05) is 38.1 Å². The van der Waals surface area contributed by atoms with Crippen LogP contribution in [-0.2, 0) is 4.79 Å². The predicted molar refractivity (Wildman–Crippen MR) is 77.4 cm³/mol. The third kappa shape index (κ3) is 3.35. The van der Waals surface area contributed by atoms with Crippen LogP contribution in [0, 0.1) is 0 Å². The van der Waals surface area contributed by atoms with Crippen molar-refractivity contribution in [1.82, 2.24) is 4.90 Å². The van der Waals surface area contributed by atoms with E-state index in [0.29, 0.717) is 5.57 Å². The number of likely N-dealkylation sites (N-methyl/N-ethyl adjacent to an activating group) is 1. The average Bonchev–Trinajstić information content (AvgIpc) is 2.40. The fraction of sp³-hybridized carbons (Fsp3) is 0.400. The molecule has 0 spiro atoms. The first-order valence-corrected chi connectivity index (χ1v) is 6.52. The molecule has 0 unspecified atom stereocenters. The van der Waals surface area contributed by atoms with Crippen molar-refractivity contribution in [3.63, 3.8) is 0 Å². The van der Waals surface area contributed by atoms with Crippen molar-refractivity contribution >= 4 is 17.7 Å². The van der Waals surface area contributed by atoms with Crippen LogP contribution in [0.2, 0.25) is 0 Å². The number of hydrogen-bond acceptors (Lipinski definition) is 3. The Hall–Kier alpha value is -1.81. The summed E-state index contributed by atoms with van der Waals surface area (Å²) in [5, 5.41) is 8.99. The van der Waals surface area contributed by atoms with Crippen molar-refractivity contribution in [2.24, 2.45) is 0 Å². The minimum Gasteiger partial charge on any atom is -0.478 e. The van der Waals surface area contributed by atoms with E-state index >= 15 is 0 Å². The van der Waals surface area contributed by atoms with Crippen LogP contribution in [0.4, 0.5) is 5.69 Å². The van der Waals surface area contributed by atoms with Crippen molar-refractivity contribution in [2.45, 2.75) is 6.92 Å². The van der Waals surface area contributed by atoms with Gasteiger partial charge in [-0.2, -0.15) is 0 Å². The molecular weight excluding hydrogens is 240 g/mol. The molecule has 1 aromatic carbocycles. The van der Waals surface area contributed by atoms with Gasteiger partial charge >= 0.3 is 5.97 Å². The Labute approximate surface area is 113 Å². The number of nitrogens with zero attached hydrogens (tertiary/aromatic N) is 2. The van der Waals surface area contributed by atoms with E-state index in [1.165, 1.54) is 0 Å². The summed E-state index contributed by atoms with van der Waals surface area (Å²) in [6, 6.07) is 7.98. The zero-order valence-electron chi connectivity index (χ0n) is 11.5. The van der Waals surface area contributed by atoms with Gasteiger partial charge in [0.25, 0.3) is 0 Å². The second kappa shape index (κ2) is 5.89. The lowest BCUT2D eigenvalue weighted by Crippen LogP contribution is -2.44. The molecule has 0 aliphatic carbocycles. The molecule has 1 N–H and O–H groups in total. The number of para-hydroxylation sites is 1. The van der Waals surface area contributed by atoms with Gasteiger partial charge in [-0.1, -0.05) is 18.2 Å². The van der Waals surface area contributed by atoms with Crippen LogP contribution in [-0.4, -0.2) is 49.2 Å². The fourth-order valence-corrected chi connectivity index (χ4v) is 2.24. The number of hydrogen-bond donors (Lipinski definition) is 1. The molecule has 0 amide bonds. The molecule has 102 valence electrons. The highest BCUT2D eigenvalue weighted by molar-refractivity contribution is 5.92. The quantitative estimate of drug-likeness (QED) is 0.843. The maximum Gasteiger partial charge on any atom is 0.331 e.